The van der Waals surface area contributed by atoms with E-state index in [-0.39, 0.29) is 12.4 Å². The largest absolute Gasteiger partial charge is 0.460 e. The Balaban J connectivity index is 2.26. The normalized spacial score (nSPS) is 10.4. The van der Waals surface area contributed by atoms with Crippen molar-refractivity contribution in [1.82, 2.24) is 10.1 Å². The number of halogens is 1. The maximum atomic E-state index is 11.3. The number of hydrogen-bond acceptors (Lipinski definition) is 6. The number of ether oxygens (including phenoxy) is 1. The molecule has 0 atom stereocenters. The molecule has 0 fully saturated rings. The maximum Gasteiger partial charge on any atom is 0.379 e. The highest BCUT2D eigenvalue weighted by molar-refractivity contribution is 9.10. The second kappa shape index (κ2) is 4.75. The second-order valence-corrected chi connectivity index (χ2v) is 4.51. The van der Waals surface area contributed by atoms with Gasteiger partial charge in [0.25, 0.3) is 11.7 Å². The fourth-order valence-corrected chi connectivity index (χ4v) is 2.50. The van der Waals surface area contributed by atoms with Crippen LogP contribution in [0.5, 0.6) is 0 Å². The molecule has 5 nitrogen and oxygen atoms in total. The Morgan fingerprint density at radius 1 is 1.69 bits per heavy atom. The number of nitrogens with zero attached hydrogens (tertiary/aromatic N) is 2. The summed E-state index contributed by atoms with van der Waals surface area (Å²) in [5.41, 5.74) is 0. The van der Waals surface area contributed by atoms with Crippen molar-refractivity contribution in [3.63, 3.8) is 0 Å². The summed E-state index contributed by atoms with van der Waals surface area (Å²) in [5, 5.41) is 5.44. The molecule has 0 radical (unpaired) electrons. The molecule has 0 N–H and O–H groups in total. The van der Waals surface area contributed by atoms with Gasteiger partial charge >= 0.3 is 5.97 Å². The molecule has 0 amide bonds. The van der Waals surface area contributed by atoms with Gasteiger partial charge in [-0.15, -0.1) is 11.3 Å². The standard InChI is InChI=1S/C9H7BrN2O3S/c1-2-14-9(13)7-11-8(15-12-7)6-5(10)3-4-16-6/h3-4H,2H2,1H3. The van der Waals surface area contributed by atoms with E-state index < -0.39 is 5.97 Å². The minimum atomic E-state index is -0.579. The van der Waals surface area contributed by atoms with E-state index in [4.69, 9.17) is 9.26 Å². The van der Waals surface area contributed by atoms with Gasteiger partial charge < -0.3 is 9.26 Å². The van der Waals surface area contributed by atoms with Crippen LogP contribution in [0.15, 0.2) is 20.4 Å². The van der Waals surface area contributed by atoms with Crippen LogP contribution in [0.25, 0.3) is 10.8 Å². The number of carbonyl (C=O) groups excluding carboxylic acids is 1. The maximum absolute atomic E-state index is 11.3. The third-order valence-corrected chi connectivity index (χ3v) is 3.52. The van der Waals surface area contributed by atoms with Gasteiger partial charge in [0.05, 0.1) is 6.61 Å². The van der Waals surface area contributed by atoms with Gasteiger partial charge in [0.2, 0.25) is 0 Å². The lowest BCUT2D eigenvalue weighted by Crippen LogP contribution is -2.06. The molecule has 2 heterocycles. The Morgan fingerprint density at radius 2 is 2.50 bits per heavy atom. The predicted molar refractivity (Wildman–Crippen MR) is 61.3 cm³/mol. The molecule has 0 aliphatic heterocycles. The number of hydrogen-bond donors (Lipinski definition) is 0. The molecular weight excluding hydrogens is 296 g/mol. The topological polar surface area (TPSA) is 65.2 Å². The molecular formula is C9H7BrN2O3S. The lowest BCUT2D eigenvalue weighted by Gasteiger charge is -1.93. The van der Waals surface area contributed by atoms with Crippen molar-refractivity contribution in [2.45, 2.75) is 6.92 Å². The van der Waals surface area contributed by atoms with Gasteiger partial charge in [0, 0.05) is 4.47 Å². The average molecular weight is 303 g/mol. The Labute approximate surface area is 104 Å². The molecule has 0 aliphatic carbocycles. The van der Waals surface area contributed by atoms with E-state index in [2.05, 4.69) is 26.1 Å². The third kappa shape index (κ3) is 2.14. The molecule has 0 bridgehead atoms. The Kier molecular flexibility index (Phi) is 3.35. The molecule has 0 aliphatic rings. The Hall–Kier alpha value is -1.21. The minimum absolute atomic E-state index is 0.0582. The van der Waals surface area contributed by atoms with E-state index in [1.54, 1.807) is 6.92 Å². The molecule has 0 unspecified atom stereocenters. The molecule has 2 aromatic heterocycles. The van der Waals surface area contributed by atoms with Gasteiger partial charge in [0.1, 0.15) is 4.88 Å². The van der Waals surface area contributed by atoms with Crippen LogP contribution in [0.2, 0.25) is 0 Å². The van der Waals surface area contributed by atoms with Crippen molar-refractivity contribution >= 4 is 33.2 Å². The quantitative estimate of drug-likeness (QED) is 0.816. The van der Waals surface area contributed by atoms with Gasteiger partial charge in [-0.2, -0.15) is 4.98 Å². The number of thiophene rings is 1. The first-order valence-corrected chi connectivity index (χ1v) is 6.14. The van der Waals surface area contributed by atoms with Crippen LogP contribution >= 0.6 is 27.3 Å². The monoisotopic (exact) mass is 302 g/mol. The molecule has 0 spiro atoms. The summed E-state index contributed by atoms with van der Waals surface area (Å²) < 4.78 is 10.6. The summed E-state index contributed by atoms with van der Waals surface area (Å²) in [7, 11) is 0. The third-order valence-electron chi connectivity index (χ3n) is 1.70. The molecule has 0 saturated carbocycles. The number of carbonyl (C=O) groups is 1. The molecule has 2 rings (SSSR count). The Morgan fingerprint density at radius 3 is 3.12 bits per heavy atom. The summed E-state index contributed by atoms with van der Waals surface area (Å²) >= 11 is 4.79. The smallest absolute Gasteiger partial charge is 0.379 e. The average Bonchev–Trinajstić information content (AvgIpc) is 2.86. The van der Waals surface area contributed by atoms with Gasteiger partial charge in [-0.1, -0.05) is 0 Å². The number of rotatable bonds is 3. The molecule has 0 saturated heterocycles. The van der Waals surface area contributed by atoms with Crippen molar-refractivity contribution < 1.29 is 14.1 Å². The second-order valence-electron chi connectivity index (χ2n) is 2.74. The van der Waals surface area contributed by atoms with Gasteiger partial charge in [-0.3, -0.25) is 0 Å². The molecule has 84 valence electrons. The van der Waals surface area contributed by atoms with Crippen molar-refractivity contribution in [3.8, 4) is 10.8 Å². The van der Waals surface area contributed by atoms with Crippen molar-refractivity contribution in [2.75, 3.05) is 6.61 Å². The van der Waals surface area contributed by atoms with Crippen LogP contribution in [0.3, 0.4) is 0 Å². The molecule has 7 heteroatoms. The van der Waals surface area contributed by atoms with Crippen LogP contribution in [-0.2, 0) is 4.74 Å². The number of esters is 1. The highest BCUT2D eigenvalue weighted by Gasteiger charge is 2.18. The first kappa shape index (κ1) is 11.3. The van der Waals surface area contributed by atoms with Crippen molar-refractivity contribution in [2.24, 2.45) is 0 Å². The van der Waals surface area contributed by atoms with E-state index in [9.17, 15) is 4.79 Å². The van der Waals surface area contributed by atoms with Crippen molar-refractivity contribution in [3.05, 3.63) is 21.7 Å². The lowest BCUT2D eigenvalue weighted by atomic mass is 10.5. The summed E-state index contributed by atoms with van der Waals surface area (Å²) in [6.07, 6.45) is 0. The summed E-state index contributed by atoms with van der Waals surface area (Å²) in [5.74, 6) is -0.327. The highest BCUT2D eigenvalue weighted by Crippen LogP contribution is 2.32. The minimum Gasteiger partial charge on any atom is -0.460 e. The first-order chi connectivity index (χ1) is 7.72. The van der Waals surface area contributed by atoms with Crippen molar-refractivity contribution in [1.29, 1.82) is 0 Å². The zero-order chi connectivity index (χ0) is 11.5. The van der Waals surface area contributed by atoms with E-state index in [1.165, 1.54) is 11.3 Å². The fourth-order valence-electron chi connectivity index (χ4n) is 1.04. The molecule has 0 aromatic carbocycles. The van der Waals surface area contributed by atoms with Gasteiger partial charge in [-0.25, -0.2) is 4.79 Å². The summed E-state index contributed by atoms with van der Waals surface area (Å²) in [6, 6.07) is 1.87. The Bertz CT molecular complexity index is 508. The van der Waals surface area contributed by atoms with E-state index in [0.717, 1.165) is 9.35 Å². The predicted octanol–water partition coefficient (Wildman–Crippen LogP) is 2.74. The van der Waals surface area contributed by atoms with Crippen LogP contribution in [0.4, 0.5) is 0 Å². The molecule has 2 aromatic rings. The summed E-state index contributed by atoms with van der Waals surface area (Å²) in [4.78, 5) is 16.1. The lowest BCUT2D eigenvalue weighted by molar-refractivity contribution is 0.0508. The van der Waals surface area contributed by atoms with E-state index in [1.807, 2.05) is 11.4 Å². The van der Waals surface area contributed by atoms with Gasteiger partial charge in [-0.05, 0) is 39.5 Å². The zero-order valence-electron chi connectivity index (χ0n) is 8.27. The molecule has 16 heavy (non-hydrogen) atoms. The van der Waals surface area contributed by atoms with E-state index >= 15 is 0 Å². The van der Waals surface area contributed by atoms with E-state index in [0.29, 0.717) is 5.89 Å². The first-order valence-electron chi connectivity index (χ1n) is 4.46. The van der Waals surface area contributed by atoms with Gasteiger partial charge in [0.15, 0.2) is 0 Å². The highest BCUT2D eigenvalue weighted by atomic mass is 79.9. The fraction of sp³-hybridized carbons (Fsp3) is 0.222. The van der Waals surface area contributed by atoms with Crippen LogP contribution < -0.4 is 0 Å². The van der Waals surface area contributed by atoms with Crippen LogP contribution in [-0.4, -0.2) is 22.7 Å². The van der Waals surface area contributed by atoms with Crippen LogP contribution in [0.1, 0.15) is 17.5 Å². The van der Waals surface area contributed by atoms with Crippen LogP contribution in [0, 0.1) is 0 Å². The zero-order valence-corrected chi connectivity index (χ0v) is 10.7. The summed E-state index contributed by atoms with van der Waals surface area (Å²) in [6.45, 7) is 2.00. The SMILES string of the molecule is CCOC(=O)c1noc(-c2sccc2Br)n1. The number of aromatic nitrogens is 2.